The number of halogens is 1. The van der Waals surface area contributed by atoms with Crippen LogP contribution in [-0.4, -0.2) is 5.91 Å². The van der Waals surface area contributed by atoms with Crippen molar-refractivity contribution in [3.05, 3.63) is 64.3 Å². The van der Waals surface area contributed by atoms with Crippen molar-refractivity contribution < 1.29 is 4.79 Å². The third kappa shape index (κ3) is 4.28. The zero-order valence-electron chi connectivity index (χ0n) is 13.4. The number of rotatable bonds is 4. The summed E-state index contributed by atoms with van der Waals surface area (Å²) < 4.78 is 0. The van der Waals surface area contributed by atoms with E-state index in [1.807, 2.05) is 38.1 Å². The highest BCUT2D eigenvalue weighted by Crippen LogP contribution is 2.23. The van der Waals surface area contributed by atoms with Gasteiger partial charge in [-0.05, 0) is 43.7 Å². The second-order valence-corrected chi connectivity index (χ2v) is 5.73. The van der Waals surface area contributed by atoms with E-state index < -0.39 is 5.91 Å². The molecule has 0 spiro atoms. The summed E-state index contributed by atoms with van der Waals surface area (Å²) in [6.45, 7) is 3.95. The van der Waals surface area contributed by atoms with Crippen molar-refractivity contribution in [2.45, 2.75) is 13.8 Å². The number of carbonyl (C=O) groups is 1. The second kappa shape index (κ2) is 7.53. The van der Waals surface area contributed by atoms with Gasteiger partial charge >= 0.3 is 0 Å². The minimum absolute atomic E-state index is 0.0528. The van der Waals surface area contributed by atoms with Crippen molar-refractivity contribution in [1.82, 2.24) is 0 Å². The minimum atomic E-state index is -0.532. The first kappa shape index (κ1) is 17.4. The Morgan fingerprint density at radius 1 is 1.25 bits per heavy atom. The number of aryl methyl sites for hydroxylation is 2. The Morgan fingerprint density at radius 2 is 2.00 bits per heavy atom. The SMILES string of the molecule is Cc1ccc(N/C=C(/C#N)C(=O)Nc2ccc(N)c(Cl)c2)c(C)c1. The Kier molecular flexibility index (Phi) is 5.46. The largest absolute Gasteiger partial charge is 0.398 e. The third-order valence-corrected chi connectivity index (χ3v) is 3.70. The molecule has 0 bridgehead atoms. The van der Waals surface area contributed by atoms with Gasteiger partial charge < -0.3 is 16.4 Å². The molecule has 6 heteroatoms. The molecule has 0 fully saturated rings. The van der Waals surface area contributed by atoms with E-state index in [4.69, 9.17) is 17.3 Å². The number of nitrogen functional groups attached to an aromatic ring is 1. The van der Waals surface area contributed by atoms with Gasteiger partial charge in [-0.25, -0.2) is 0 Å². The van der Waals surface area contributed by atoms with Crippen LogP contribution in [-0.2, 0) is 4.79 Å². The predicted molar refractivity (Wildman–Crippen MR) is 97.7 cm³/mol. The Balaban J connectivity index is 2.13. The fourth-order valence-electron chi connectivity index (χ4n) is 2.08. The number of benzene rings is 2. The van der Waals surface area contributed by atoms with E-state index in [0.29, 0.717) is 16.4 Å². The lowest BCUT2D eigenvalue weighted by molar-refractivity contribution is -0.112. The van der Waals surface area contributed by atoms with Crippen molar-refractivity contribution in [2.75, 3.05) is 16.4 Å². The summed E-state index contributed by atoms with van der Waals surface area (Å²) in [5.41, 5.74) is 9.45. The van der Waals surface area contributed by atoms with Gasteiger partial charge in [-0.1, -0.05) is 29.3 Å². The van der Waals surface area contributed by atoms with Gasteiger partial charge in [0.15, 0.2) is 0 Å². The molecule has 5 nitrogen and oxygen atoms in total. The smallest absolute Gasteiger partial charge is 0.267 e. The molecule has 0 unspecified atom stereocenters. The van der Waals surface area contributed by atoms with Crippen molar-refractivity contribution in [2.24, 2.45) is 0 Å². The van der Waals surface area contributed by atoms with Gasteiger partial charge in [-0.2, -0.15) is 5.26 Å². The maximum absolute atomic E-state index is 12.2. The van der Waals surface area contributed by atoms with Gasteiger partial charge in [0, 0.05) is 17.6 Å². The molecule has 0 radical (unpaired) electrons. The van der Waals surface area contributed by atoms with Crippen molar-refractivity contribution >= 4 is 34.6 Å². The van der Waals surface area contributed by atoms with Gasteiger partial charge in [0.1, 0.15) is 11.6 Å². The maximum Gasteiger partial charge on any atom is 0.267 e. The molecule has 0 aromatic heterocycles. The van der Waals surface area contributed by atoms with E-state index in [-0.39, 0.29) is 5.57 Å². The molecule has 2 rings (SSSR count). The zero-order chi connectivity index (χ0) is 17.7. The Morgan fingerprint density at radius 3 is 2.62 bits per heavy atom. The molecule has 4 N–H and O–H groups in total. The summed E-state index contributed by atoms with van der Waals surface area (Å²) in [5, 5.41) is 15.1. The molecule has 0 saturated carbocycles. The van der Waals surface area contributed by atoms with Crippen LogP contribution >= 0.6 is 11.6 Å². The first-order valence-corrected chi connectivity index (χ1v) is 7.59. The lowest BCUT2D eigenvalue weighted by atomic mass is 10.1. The van der Waals surface area contributed by atoms with E-state index in [1.54, 1.807) is 12.1 Å². The average Bonchev–Trinajstić information content (AvgIpc) is 2.53. The highest BCUT2D eigenvalue weighted by molar-refractivity contribution is 6.33. The Labute approximate surface area is 145 Å². The Hall–Kier alpha value is -2.97. The van der Waals surface area contributed by atoms with Gasteiger partial charge in [0.05, 0.1) is 10.7 Å². The second-order valence-electron chi connectivity index (χ2n) is 5.32. The molecule has 0 aliphatic carbocycles. The standard InChI is InChI=1S/C18H17ClN4O/c1-11-3-6-17(12(2)7-11)22-10-13(9-20)18(24)23-14-4-5-16(21)15(19)8-14/h3-8,10,22H,21H2,1-2H3,(H,23,24)/b13-10-. The zero-order valence-corrected chi connectivity index (χ0v) is 14.1. The van der Waals surface area contributed by atoms with Crippen LogP contribution in [0.3, 0.4) is 0 Å². The highest BCUT2D eigenvalue weighted by atomic mass is 35.5. The van der Waals surface area contributed by atoms with Crippen LogP contribution in [0, 0.1) is 25.2 Å². The minimum Gasteiger partial charge on any atom is -0.398 e. The molecule has 0 heterocycles. The van der Waals surface area contributed by atoms with Crippen molar-refractivity contribution in [3.63, 3.8) is 0 Å². The highest BCUT2D eigenvalue weighted by Gasteiger charge is 2.10. The van der Waals surface area contributed by atoms with Crippen LogP contribution in [0.5, 0.6) is 0 Å². The molecule has 122 valence electrons. The van der Waals surface area contributed by atoms with Gasteiger partial charge in [0.2, 0.25) is 0 Å². The van der Waals surface area contributed by atoms with Gasteiger partial charge in [-0.3, -0.25) is 4.79 Å². The fourth-order valence-corrected chi connectivity index (χ4v) is 2.26. The number of carbonyl (C=O) groups excluding carboxylic acids is 1. The number of nitrogens with zero attached hydrogens (tertiary/aromatic N) is 1. The molecule has 2 aromatic rings. The molecule has 2 aromatic carbocycles. The number of anilines is 3. The normalized spacial score (nSPS) is 10.8. The first-order chi connectivity index (χ1) is 11.4. The predicted octanol–water partition coefficient (Wildman–Crippen LogP) is 4.00. The lowest BCUT2D eigenvalue weighted by Crippen LogP contribution is -2.14. The quantitative estimate of drug-likeness (QED) is 0.445. The average molecular weight is 341 g/mol. The topological polar surface area (TPSA) is 90.9 Å². The third-order valence-electron chi connectivity index (χ3n) is 3.38. The summed E-state index contributed by atoms with van der Waals surface area (Å²) in [7, 11) is 0. The van der Waals surface area contributed by atoms with E-state index >= 15 is 0 Å². The van der Waals surface area contributed by atoms with Crippen LogP contribution < -0.4 is 16.4 Å². The molecule has 0 atom stereocenters. The molecule has 0 aliphatic heterocycles. The van der Waals surface area contributed by atoms with E-state index in [9.17, 15) is 10.1 Å². The number of amides is 1. The summed E-state index contributed by atoms with van der Waals surface area (Å²) in [4.78, 5) is 12.2. The molecule has 0 saturated heterocycles. The number of nitrogens with one attached hydrogen (secondary N) is 2. The van der Waals surface area contributed by atoms with Crippen molar-refractivity contribution in [3.8, 4) is 6.07 Å². The van der Waals surface area contributed by atoms with Crippen LogP contribution in [0.1, 0.15) is 11.1 Å². The number of hydrogen-bond acceptors (Lipinski definition) is 4. The van der Waals surface area contributed by atoms with E-state index in [2.05, 4.69) is 10.6 Å². The molecule has 0 aliphatic rings. The lowest BCUT2D eigenvalue weighted by Gasteiger charge is -2.08. The molecular formula is C18H17ClN4O. The summed E-state index contributed by atoms with van der Waals surface area (Å²) in [6, 6.07) is 12.5. The first-order valence-electron chi connectivity index (χ1n) is 7.21. The summed E-state index contributed by atoms with van der Waals surface area (Å²) in [5.74, 6) is -0.532. The fraction of sp³-hybridized carbons (Fsp3) is 0.111. The number of nitriles is 1. The van der Waals surface area contributed by atoms with Crippen molar-refractivity contribution in [1.29, 1.82) is 5.26 Å². The monoisotopic (exact) mass is 340 g/mol. The van der Waals surface area contributed by atoms with Crippen LogP contribution in [0.4, 0.5) is 17.1 Å². The van der Waals surface area contributed by atoms with E-state index in [1.165, 1.54) is 12.3 Å². The van der Waals surface area contributed by atoms with Crippen LogP contribution in [0.15, 0.2) is 48.2 Å². The molecular weight excluding hydrogens is 324 g/mol. The summed E-state index contributed by atoms with van der Waals surface area (Å²) in [6.07, 6.45) is 1.38. The molecule has 1 amide bonds. The van der Waals surface area contributed by atoms with Crippen LogP contribution in [0.2, 0.25) is 5.02 Å². The van der Waals surface area contributed by atoms with Crippen LogP contribution in [0.25, 0.3) is 0 Å². The van der Waals surface area contributed by atoms with Gasteiger partial charge in [0.25, 0.3) is 5.91 Å². The summed E-state index contributed by atoms with van der Waals surface area (Å²) >= 11 is 5.91. The maximum atomic E-state index is 12.2. The Bertz CT molecular complexity index is 853. The van der Waals surface area contributed by atoms with E-state index in [0.717, 1.165) is 16.8 Å². The molecule has 24 heavy (non-hydrogen) atoms. The van der Waals surface area contributed by atoms with Gasteiger partial charge in [-0.15, -0.1) is 0 Å². The number of hydrogen-bond donors (Lipinski definition) is 3. The number of nitrogens with two attached hydrogens (primary N) is 1.